The normalized spacial score (nSPS) is 17.4. The van der Waals surface area contributed by atoms with Gasteiger partial charge in [-0.1, -0.05) is 0 Å². The van der Waals surface area contributed by atoms with Crippen LogP contribution in [-0.2, 0) is 10.0 Å². The minimum Gasteiger partial charge on any atom is -0.492 e. The summed E-state index contributed by atoms with van der Waals surface area (Å²) >= 11 is 0. The fourth-order valence-corrected chi connectivity index (χ4v) is 3.32. The first kappa shape index (κ1) is 13.2. The van der Waals surface area contributed by atoms with E-state index in [4.69, 9.17) is 10.5 Å². The van der Waals surface area contributed by atoms with Gasteiger partial charge in [-0.3, -0.25) is 0 Å². The topological polar surface area (TPSA) is 81.4 Å². The van der Waals surface area contributed by atoms with Gasteiger partial charge in [-0.25, -0.2) is 13.1 Å². The second-order valence-electron chi connectivity index (χ2n) is 4.81. The number of nitrogens with one attached hydrogen (secondary N) is 1. The molecule has 0 atom stereocenters. The average Bonchev–Trinajstić information content (AvgIpc) is 2.98. The first-order valence-corrected chi connectivity index (χ1v) is 7.41. The zero-order chi connectivity index (χ0) is 13.4. The first-order chi connectivity index (χ1) is 8.36. The number of rotatable bonds is 5. The third-order valence-corrected chi connectivity index (χ3v) is 4.60. The number of nitrogens with two attached hydrogens (primary N) is 1. The van der Waals surface area contributed by atoms with Gasteiger partial charge in [0.2, 0.25) is 10.0 Å². The number of anilines is 1. The minimum absolute atomic E-state index is 0.109. The summed E-state index contributed by atoms with van der Waals surface area (Å²) in [6.07, 6.45) is 1.72. The molecular weight excluding hydrogens is 252 g/mol. The van der Waals surface area contributed by atoms with Crippen LogP contribution < -0.4 is 15.2 Å². The number of hydrogen-bond acceptors (Lipinski definition) is 4. The highest BCUT2D eigenvalue weighted by atomic mass is 32.2. The van der Waals surface area contributed by atoms with Gasteiger partial charge in [-0.15, -0.1) is 0 Å². The van der Waals surface area contributed by atoms with E-state index in [1.165, 1.54) is 6.07 Å². The molecule has 1 aromatic carbocycles. The molecule has 0 aliphatic heterocycles. The van der Waals surface area contributed by atoms with Crippen molar-refractivity contribution in [2.45, 2.75) is 37.1 Å². The zero-order valence-electron chi connectivity index (χ0n) is 10.6. The highest BCUT2D eigenvalue weighted by Gasteiger charge is 2.41. The second-order valence-corrected chi connectivity index (χ2v) is 6.46. The molecule has 1 aliphatic carbocycles. The maximum atomic E-state index is 12.3. The molecule has 0 aromatic heterocycles. The first-order valence-electron chi connectivity index (χ1n) is 5.93. The van der Waals surface area contributed by atoms with Crippen molar-refractivity contribution in [2.75, 3.05) is 12.3 Å². The fourth-order valence-electron chi connectivity index (χ4n) is 1.68. The van der Waals surface area contributed by atoms with Gasteiger partial charge in [-0.2, -0.15) is 0 Å². The molecule has 100 valence electrons. The highest BCUT2D eigenvalue weighted by Crippen LogP contribution is 2.37. The van der Waals surface area contributed by atoms with Gasteiger partial charge in [-0.05, 0) is 44.9 Å². The predicted molar refractivity (Wildman–Crippen MR) is 70.0 cm³/mol. The highest BCUT2D eigenvalue weighted by molar-refractivity contribution is 7.89. The summed E-state index contributed by atoms with van der Waals surface area (Å²) in [4.78, 5) is 0.109. The molecule has 0 amide bonds. The van der Waals surface area contributed by atoms with Crippen LogP contribution in [0.25, 0.3) is 0 Å². The molecule has 0 radical (unpaired) electrons. The number of hydrogen-bond donors (Lipinski definition) is 2. The molecule has 0 saturated heterocycles. The Morgan fingerprint density at radius 1 is 1.44 bits per heavy atom. The van der Waals surface area contributed by atoms with Crippen LogP contribution in [0, 0.1) is 0 Å². The summed E-state index contributed by atoms with van der Waals surface area (Å²) in [7, 11) is -3.59. The maximum absolute atomic E-state index is 12.3. The minimum atomic E-state index is -3.59. The Hall–Kier alpha value is -1.27. The van der Waals surface area contributed by atoms with E-state index < -0.39 is 10.0 Å². The molecule has 1 aromatic rings. The van der Waals surface area contributed by atoms with Crippen LogP contribution in [0.3, 0.4) is 0 Å². The van der Waals surface area contributed by atoms with Crippen molar-refractivity contribution in [1.82, 2.24) is 4.72 Å². The summed E-state index contributed by atoms with van der Waals surface area (Å²) < 4.78 is 32.6. The molecule has 5 nitrogen and oxygen atoms in total. The van der Waals surface area contributed by atoms with Gasteiger partial charge in [0.05, 0.1) is 6.61 Å². The molecule has 1 saturated carbocycles. The van der Waals surface area contributed by atoms with E-state index in [0.717, 1.165) is 12.8 Å². The number of nitrogen functional groups attached to an aromatic ring is 1. The summed E-state index contributed by atoms with van der Waals surface area (Å²) in [6, 6.07) is 4.64. The van der Waals surface area contributed by atoms with E-state index in [1.807, 2.05) is 13.8 Å². The van der Waals surface area contributed by atoms with Crippen LogP contribution >= 0.6 is 0 Å². The van der Waals surface area contributed by atoms with Crippen LogP contribution in [0.4, 0.5) is 5.69 Å². The van der Waals surface area contributed by atoms with Crippen LogP contribution in [0.1, 0.15) is 26.7 Å². The van der Waals surface area contributed by atoms with E-state index in [1.54, 1.807) is 12.1 Å². The van der Waals surface area contributed by atoms with E-state index in [-0.39, 0.29) is 10.4 Å². The molecule has 18 heavy (non-hydrogen) atoms. The summed E-state index contributed by atoms with van der Waals surface area (Å²) in [5.74, 6) is 0.337. The van der Waals surface area contributed by atoms with Gasteiger partial charge in [0.15, 0.2) is 0 Å². The van der Waals surface area contributed by atoms with Gasteiger partial charge < -0.3 is 10.5 Å². The Morgan fingerprint density at radius 2 is 2.11 bits per heavy atom. The maximum Gasteiger partial charge on any atom is 0.244 e. The van der Waals surface area contributed by atoms with Crippen molar-refractivity contribution >= 4 is 15.7 Å². The monoisotopic (exact) mass is 270 g/mol. The van der Waals surface area contributed by atoms with Gasteiger partial charge in [0.1, 0.15) is 10.6 Å². The lowest BCUT2D eigenvalue weighted by Gasteiger charge is -2.15. The van der Waals surface area contributed by atoms with Gasteiger partial charge in [0.25, 0.3) is 0 Å². The molecule has 6 heteroatoms. The lowest BCUT2D eigenvalue weighted by Crippen LogP contribution is -2.34. The number of ether oxygens (including phenoxy) is 1. The Balaban J connectivity index is 2.38. The standard InChI is InChI=1S/C12H18N2O3S/c1-3-17-10-5-4-9(13)8-11(10)18(15,16)14-12(2)6-7-12/h4-5,8,14H,3,6-7,13H2,1-2H3. The number of benzene rings is 1. The van der Waals surface area contributed by atoms with Crippen molar-refractivity contribution in [1.29, 1.82) is 0 Å². The lowest BCUT2D eigenvalue weighted by molar-refractivity contribution is 0.331. The van der Waals surface area contributed by atoms with Crippen LogP contribution in [0.5, 0.6) is 5.75 Å². The van der Waals surface area contributed by atoms with E-state index in [2.05, 4.69) is 4.72 Å². The Morgan fingerprint density at radius 3 is 2.67 bits per heavy atom. The fraction of sp³-hybridized carbons (Fsp3) is 0.500. The molecule has 0 spiro atoms. The smallest absolute Gasteiger partial charge is 0.244 e. The summed E-state index contributed by atoms with van der Waals surface area (Å²) in [6.45, 7) is 4.10. The van der Waals surface area contributed by atoms with Crippen LogP contribution in [0.2, 0.25) is 0 Å². The average molecular weight is 270 g/mol. The largest absolute Gasteiger partial charge is 0.492 e. The van der Waals surface area contributed by atoms with Crippen molar-refractivity contribution in [3.05, 3.63) is 18.2 Å². The molecule has 0 bridgehead atoms. The summed E-state index contributed by atoms with van der Waals surface area (Å²) in [5, 5.41) is 0. The quantitative estimate of drug-likeness (QED) is 0.794. The third-order valence-electron chi connectivity index (χ3n) is 2.94. The van der Waals surface area contributed by atoms with Crippen LogP contribution in [0.15, 0.2) is 23.1 Å². The van der Waals surface area contributed by atoms with Crippen molar-refractivity contribution in [3.63, 3.8) is 0 Å². The summed E-state index contributed by atoms with van der Waals surface area (Å²) in [5.41, 5.74) is 5.74. The van der Waals surface area contributed by atoms with Crippen LogP contribution in [-0.4, -0.2) is 20.6 Å². The molecule has 2 rings (SSSR count). The Bertz CT molecular complexity index is 550. The number of sulfonamides is 1. The third kappa shape index (κ3) is 2.76. The molecule has 1 aliphatic rings. The van der Waals surface area contributed by atoms with Crippen molar-refractivity contribution in [3.8, 4) is 5.75 Å². The molecule has 1 fully saturated rings. The zero-order valence-corrected chi connectivity index (χ0v) is 11.4. The van der Waals surface area contributed by atoms with Crippen molar-refractivity contribution in [2.24, 2.45) is 0 Å². The Kier molecular flexibility index (Phi) is 3.25. The van der Waals surface area contributed by atoms with Gasteiger partial charge >= 0.3 is 0 Å². The van der Waals surface area contributed by atoms with E-state index in [0.29, 0.717) is 18.0 Å². The van der Waals surface area contributed by atoms with E-state index in [9.17, 15) is 8.42 Å². The van der Waals surface area contributed by atoms with E-state index >= 15 is 0 Å². The van der Waals surface area contributed by atoms with Gasteiger partial charge in [0, 0.05) is 11.2 Å². The lowest BCUT2D eigenvalue weighted by atomic mass is 10.3. The Labute approximate surface area is 107 Å². The predicted octanol–water partition coefficient (Wildman–Crippen LogP) is 1.50. The molecule has 3 N–H and O–H groups in total. The molecule has 0 heterocycles. The second kappa shape index (κ2) is 4.44. The molecule has 0 unspecified atom stereocenters. The SMILES string of the molecule is CCOc1ccc(N)cc1S(=O)(=O)NC1(C)CC1. The van der Waals surface area contributed by atoms with Crippen molar-refractivity contribution < 1.29 is 13.2 Å². The molecular formula is C12H18N2O3S.